The molecule has 23 heavy (non-hydrogen) atoms. The molecule has 0 aromatic heterocycles. The highest BCUT2D eigenvalue weighted by molar-refractivity contribution is 6.00. The number of nitrogens with zero attached hydrogens (tertiary/aromatic N) is 3. The van der Waals surface area contributed by atoms with E-state index in [2.05, 4.69) is 11.9 Å². The average molecular weight is 317 g/mol. The summed E-state index contributed by atoms with van der Waals surface area (Å²) in [6.07, 6.45) is 0.294. The van der Waals surface area contributed by atoms with Gasteiger partial charge in [0, 0.05) is 50.9 Å². The highest BCUT2D eigenvalue weighted by atomic mass is 16.5. The van der Waals surface area contributed by atoms with Crippen LogP contribution >= 0.6 is 0 Å². The molecule has 0 bridgehead atoms. The van der Waals surface area contributed by atoms with Crippen LogP contribution in [0, 0.1) is 5.92 Å². The summed E-state index contributed by atoms with van der Waals surface area (Å²) in [6, 6.07) is 7.41. The maximum Gasteiger partial charge on any atom is 0.228 e. The molecule has 2 aliphatic rings. The lowest BCUT2D eigenvalue weighted by atomic mass is 10.1. The van der Waals surface area contributed by atoms with E-state index in [1.807, 2.05) is 29.2 Å². The van der Waals surface area contributed by atoms with Crippen LogP contribution < -0.4 is 9.64 Å². The summed E-state index contributed by atoms with van der Waals surface area (Å²) in [6.45, 7) is 3.74. The van der Waals surface area contributed by atoms with Crippen LogP contribution in [0.15, 0.2) is 24.3 Å². The molecular formula is C17H23N3O3. The third kappa shape index (κ3) is 3.32. The number of hydrogen-bond acceptors (Lipinski definition) is 4. The fraction of sp³-hybridized carbons (Fsp3) is 0.529. The molecule has 124 valence electrons. The number of rotatable bonds is 3. The molecule has 1 atom stereocenters. The smallest absolute Gasteiger partial charge is 0.228 e. The van der Waals surface area contributed by atoms with Gasteiger partial charge in [-0.3, -0.25) is 9.59 Å². The van der Waals surface area contributed by atoms with Crippen LogP contribution in [0.1, 0.15) is 6.42 Å². The van der Waals surface area contributed by atoms with Crippen molar-refractivity contribution in [2.24, 2.45) is 5.92 Å². The lowest BCUT2D eigenvalue weighted by Gasteiger charge is -2.33. The standard InChI is InChI=1S/C17H23N3O3/c1-18-6-8-19(9-7-18)17(22)13-10-16(21)20(12-13)14-4-3-5-15(11-14)23-2/h3-5,11,13H,6-10,12H2,1-2H3/t13-/m1/s1. The van der Waals surface area contributed by atoms with Crippen LogP contribution in [0.3, 0.4) is 0 Å². The van der Waals surface area contributed by atoms with Crippen molar-refractivity contribution in [2.75, 3.05) is 51.8 Å². The molecule has 0 spiro atoms. The van der Waals surface area contributed by atoms with Gasteiger partial charge in [-0.25, -0.2) is 0 Å². The van der Waals surface area contributed by atoms with Gasteiger partial charge in [-0.2, -0.15) is 0 Å². The zero-order valence-electron chi connectivity index (χ0n) is 13.7. The van der Waals surface area contributed by atoms with E-state index in [0.29, 0.717) is 18.7 Å². The Morgan fingerprint density at radius 2 is 1.96 bits per heavy atom. The Labute approximate surface area is 136 Å². The Morgan fingerprint density at radius 3 is 2.65 bits per heavy atom. The van der Waals surface area contributed by atoms with Crippen LogP contribution in [-0.4, -0.2) is 68.5 Å². The maximum absolute atomic E-state index is 12.7. The summed E-state index contributed by atoms with van der Waals surface area (Å²) in [5.74, 6) is 0.587. The first-order valence-electron chi connectivity index (χ1n) is 8.00. The molecule has 0 N–H and O–H groups in total. The fourth-order valence-electron chi connectivity index (χ4n) is 3.19. The van der Waals surface area contributed by atoms with Gasteiger partial charge in [0.05, 0.1) is 13.0 Å². The molecule has 0 radical (unpaired) electrons. The van der Waals surface area contributed by atoms with Crippen molar-refractivity contribution < 1.29 is 14.3 Å². The van der Waals surface area contributed by atoms with E-state index in [-0.39, 0.29) is 17.7 Å². The van der Waals surface area contributed by atoms with Crippen molar-refractivity contribution >= 4 is 17.5 Å². The van der Waals surface area contributed by atoms with Crippen molar-refractivity contribution in [3.63, 3.8) is 0 Å². The lowest BCUT2D eigenvalue weighted by molar-refractivity contribution is -0.137. The first-order chi connectivity index (χ1) is 11.1. The number of amides is 2. The number of benzene rings is 1. The summed E-state index contributed by atoms with van der Waals surface area (Å²) in [7, 11) is 3.66. The Bertz CT molecular complexity index is 597. The van der Waals surface area contributed by atoms with E-state index >= 15 is 0 Å². The van der Waals surface area contributed by atoms with Crippen LogP contribution in [-0.2, 0) is 9.59 Å². The van der Waals surface area contributed by atoms with Crippen LogP contribution in [0.4, 0.5) is 5.69 Å². The van der Waals surface area contributed by atoms with Gasteiger partial charge in [-0.15, -0.1) is 0 Å². The first-order valence-corrected chi connectivity index (χ1v) is 8.00. The minimum atomic E-state index is -0.239. The topological polar surface area (TPSA) is 53.1 Å². The predicted octanol–water partition coefficient (Wildman–Crippen LogP) is 0.822. The number of methoxy groups -OCH3 is 1. The number of anilines is 1. The highest BCUT2D eigenvalue weighted by Gasteiger charge is 2.37. The quantitative estimate of drug-likeness (QED) is 0.828. The molecule has 0 unspecified atom stereocenters. The van der Waals surface area contributed by atoms with Gasteiger partial charge in [0.25, 0.3) is 0 Å². The van der Waals surface area contributed by atoms with E-state index in [1.165, 1.54) is 0 Å². The van der Waals surface area contributed by atoms with E-state index in [9.17, 15) is 9.59 Å². The van der Waals surface area contributed by atoms with Crippen LogP contribution in [0.5, 0.6) is 5.75 Å². The van der Waals surface area contributed by atoms with Crippen LogP contribution in [0.2, 0.25) is 0 Å². The Balaban J connectivity index is 1.68. The highest BCUT2D eigenvalue weighted by Crippen LogP contribution is 2.28. The van der Waals surface area contributed by atoms with Gasteiger partial charge < -0.3 is 19.4 Å². The molecule has 1 aromatic rings. The molecule has 6 nitrogen and oxygen atoms in total. The van der Waals surface area contributed by atoms with Crippen molar-refractivity contribution in [2.45, 2.75) is 6.42 Å². The number of piperazine rings is 1. The summed E-state index contributed by atoms with van der Waals surface area (Å²) >= 11 is 0. The van der Waals surface area contributed by atoms with Gasteiger partial charge in [0.15, 0.2) is 0 Å². The molecule has 2 saturated heterocycles. The molecule has 1 aromatic carbocycles. The Kier molecular flexibility index (Phi) is 4.52. The molecule has 2 heterocycles. The van der Waals surface area contributed by atoms with Gasteiger partial charge in [0.1, 0.15) is 5.75 Å². The fourth-order valence-corrected chi connectivity index (χ4v) is 3.19. The lowest BCUT2D eigenvalue weighted by Crippen LogP contribution is -2.49. The van der Waals surface area contributed by atoms with Gasteiger partial charge in [0.2, 0.25) is 11.8 Å². The minimum Gasteiger partial charge on any atom is -0.497 e. The van der Waals surface area contributed by atoms with Gasteiger partial charge in [-0.1, -0.05) is 6.07 Å². The molecule has 3 rings (SSSR count). The van der Waals surface area contributed by atoms with E-state index in [4.69, 9.17) is 4.74 Å². The predicted molar refractivity (Wildman–Crippen MR) is 87.5 cm³/mol. The van der Waals surface area contributed by atoms with Crippen molar-refractivity contribution in [3.05, 3.63) is 24.3 Å². The molecule has 2 amide bonds. The number of likely N-dealkylation sites (N-methyl/N-ethyl adjacent to an activating group) is 1. The Morgan fingerprint density at radius 1 is 1.22 bits per heavy atom. The monoisotopic (exact) mass is 317 g/mol. The van der Waals surface area contributed by atoms with E-state index in [0.717, 1.165) is 31.9 Å². The molecule has 6 heteroatoms. The van der Waals surface area contributed by atoms with Crippen molar-refractivity contribution in [1.29, 1.82) is 0 Å². The normalized spacial score (nSPS) is 22.5. The zero-order valence-corrected chi connectivity index (χ0v) is 13.7. The summed E-state index contributed by atoms with van der Waals surface area (Å²) in [5.41, 5.74) is 0.794. The third-order valence-electron chi connectivity index (χ3n) is 4.65. The largest absolute Gasteiger partial charge is 0.497 e. The molecule has 2 fully saturated rings. The number of carbonyl (C=O) groups excluding carboxylic acids is 2. The number of ether oxygens (including phenoxy) is 1. The first kappa shape index (κ1) is 15.8. The van der Waals surface area contributed by atoms with Crippen molar-refractivity contribution in [1.82, 2.24) is 9.80 Å². The molecule has 0 saturated carbocycles. The third-order valence-corrected chi connectivity index (χ3v) is 4.65. The van der Waals surface area contributed by atoms with E-state index < -0.39 is 0 Å². The van der Waals surface area contributed by atoms with Gasteiger partial charge in [-0.05, 0) is 19.2 Å². The second-order valence-corrected chi connectivity index (χ2v) is 6.24. The number of hydrogen-bond donors (Lipinski definition) is 0. The maximum atomic E-state index is 12.7. The SMILES string of the molecule is COc1cccc(N2C[C@H](C(=O)N3CCN(C)CC3)CC2=O)c1. The second-order valence-electron chi connectivity index (χ2n) is 6.24. The molecule has 2 aliphatic heterocycles. The summed E-state index contributed by atoms with van der Waals surface area (Å²) < 4.78 is 5.21. The van der Waals surface area contributed by atoms with E-state index in [1.54, 1.807) is 12.0 Å². The zero-order chi connectivity index (χ0) is 16.4. The van der Waals surface area contributed by atoms with Crippen LogP contribution in [0.25, 0.3) is 0 Å². The summed E-state index contributed by atoms with van der Waals surface area (Å²) in [4.78, 5) is 30.8. The molecule has 0 aliphatic carbocycles. The summed E-state index contributed by atoms with van der Waals surface area (Å²) in [5, 5.41) is 0. The second kappa shape index (κ2) is 6.58. The Hall–Kier alpha value is -2.08. The minimum absolute atomic E-state index is 0.00531. The van der Waals surface area contributed by atoms with Gasteiger partial charge >= 0.3 is 0 Å². The molecular weight excluding hydrogens is 294 g/mol. The van der Waals surface area contributed by atoms with Crippen molar-refractivity contribution in [3.8, 4) is 5.75 Å². The average Bonchev–Trinajstić information content (AvgIpc) is 2.97. The number of carbonyl (C=O) groups is 2.